The SMILES string of the molecule is CNC1CSCC1Cc1cncs1. The molecule has 1 aromatic rings. The Hall–Kier alpha value is -0.0600. The largest absolute Gasteiger partial charge is 0.316 e. The van der Waals surface area contributed by atoms with Gasteiger partial charge in [-0.2, -0.15) is 11.8 Å². The quantitative estimate of drug-likeness (QED) is 0.828. The van der Waals surface area contributed by atoms with Crippen LogP contribution in [-0.2, 0) is 6.42 Å². The molecule has 2 nitrogen and oxygen atoms in total. The third-order valence-electron chi connectivity index (χ3n) is 2.52. The molecule has 0 bridgehead atoms. The van der Waals surface area contributed by atoms with Crippen LogP contribution in [-0.4, -0.2) is 29.6 Å². The number of nitrogens with one attached hydrogen (secondary N) is 1. The summed E-state index contributed by atoms with van der Waals surface area (Å²) in [6.45, 7) is 0. The Balaban J connectivity index is 1.94. The van der Waals surface area contributed by atoms with Gasteiger partial charge >= 0.3 is 0 Å². The summed E-state index contributed by atoms with van der Waals surface area (Å²) in [7, 11) is 2.07. The van der Waals surface area contributed by atoms with Crippen LogP contribution >= 0.6 is 23.1 Å². The van der Waals surface area contributed by atoms with Crippen LogP contribution in [0.25, 0.3) is 0 Å². The predicted molar refractivity (Wildman–Crippen MR) is 59.5 cm³/mol. The molecule has 72 valence electrons. The zero-order valence-electron chi connectivity index (χ0n) is 7.69. The van der Waals surface area contributed by atoms with Crippen LogP contribution in [0.1, 0.15) is 4.88 Å². The van der Waals surface area contributed by atoms with Crippen LogP contribution in [0.15, 0.2) is 11.7 Å². The Kier molecular flexibility index (Phi) is 3.24. The Bertz CT molecular complexity index is 248. The van der Waals surface area contributed by atoms with Gasteiger partial charge in [-0.15, -0.1) is 11.3 Å². The third kappa shape index (κ3) is 2.24. The smallest absolute Gasteiger partial charge is 0.0794 e. The zero-order valence-corrected chi connectivity index (χ0v) is 9.33. The van der Waals surface area contributed by atoms with Crippen molar-refractivity contribution in [1.29, 1.82) is 0 Å². The maximum Gasteiger partial charge on any atom is 0.0794 e. The number of aromatic nitrogens is 1. The Morgan fingerprint density at radius 1 is 1.62 bits per heavy atom. The van der Waals surface area contributed by atoms with Gasteiger partial charge in [-0.05, 0) is 25.1 Å². The van der Waals surface area contributed by atoms with Gasteiger partial charge in [0.2, 0.25) is 0 Å². The van der Waals surface area contributed by atoms with Crippen LogP contribution in [0.2, 0.25) is 0 Å². The lowest BCUT2D eigenvalue weighted by Crippen LogP contribution is -2.33. The second-order valence-electron chi connectivity index (χ2n) is 3.36. The lowest BCUT2D eigenvalue weighted by Gasteiger charge is -2.16. The van der Waals surface area contributed by atoms with Crippen molar-refractivity contribution in [1.82, 2.24) is 10.3 Å². The van der Waals surface area contributed by atoms with Gasteiger partial charge in [0, 0.05) is 22.9 Å². The first-order valence-electron chi connectivity index (χ1n) is 4.52. The molecule has 0 aliphatic carbocycles. The van der Waals surface area contributed by atoms with Gasteiger partial charge in [0.1, 0.15) is 0 Å². The maximum atomic E-state index is 4.11. The molecule has 4 heteroatoms. The number of hydrogen-bond acceptors (Lipinski definition) is 4. The topological polar surface area (TPSA) is 24.9 Å². The molecular weight excluding hydrogens is 200 g/mol. The average Bonchev–Trinajstić information content (AvgIpc) is 2.76. The number of thioether (sulfide) groups is 1. The highest BCUT2D eigenvalue weighted by molar-refractivity contribution is 7.99. The molecule has 0 radical (unpaired) electrons. The lowest BCUT2D eigenvalue weighted by atomic mass is 9.99. The van der Waals surface area contributed by atoms with Gasteiger partial charge in [-0.25, -0.2) is 0 Å². The molecule has 2 unspecified atom stereocenters. The summed E-state index contributed by atoms with van der Waals surface area (Å²) in [4.78, 5) is 5.53. The summed E-state index contributed by atoms with van der Waals surface area (Å²) in [5.74, 6) is 3.36. The molecule has 2 atom stereocenters. The zero-order chi connectivity index (χ0) is 9.10. The van der Waals surface area contributed by atoms with Crippen LogP contribution in [0.3, 0.4) is 0 Å². The fourth-order valence-electron chi connectivity index (χ4n) is 1.72. The van der Waals surface area contributed by atoms with Gasteiger partial charge in [-0.3, -0.25) is 4.98 Å². The van der Waals surface area contributed by atoms with Crippen LogP contribution in [0, 0.1) is 5.92 Å². The molecule has 0 spiro atoms. The van der Waals surface area contributed by atoms with Crippen molar-refractivity contribution < 1.29 is 0 Å². The molecule has 1 aliphatic rings. The van der Waals surface area contributed by atoms with Gasteiger partial charge in [0.05, 0.1) is 5.51 Å². The van der Waals surface area contributed by atoms with Crippen molar-refractivity contribution in [2.24, 2.45) is 5.92 Å². The van der Waals surface area contributed by atoms with E-state index in [-0.39, 0.29) is 0 Å². The highest BCUT2D eigenvalue weighted by Crippen LogP contribution is 2.27. The van der Waals surface area contributed by atoms with Crippen molar-refractivity contribution in [3.8, 4) is 0 Å². The number of rotatable bonds is 3. The number of hydrogen-bond donors (Lipinski definition) is 1. The second-order valence-corrected chi connectivity index (χ2v) is 5.41. The normalized spacial score (nSPS) is 28.1. The van der Waals surface area contributed by atoms with E-state index in [0.29, 0.717) is 6.04 Å². The van der Waals surface area contributed by atoms with E-state index >= 15 is 0 Å². The first kappa shape index (κ1) is 9.49. The molecule has 2 heterocycles. The minimum absolute atomic E-state index is 0.701. The molecular formula is C9H14N2S2. The highest BCUT2D eigenvalue weighted by atomic mass is 32.2. The molecule has 2 rings (SSSR count). The summed E-state index contributed by atoms with van der Waals surface area (Å²) < 4.78 is 0. The second kappa shape index (κ2) is 4.44. The molecule has 1 saturated heterocycles. The fraction of sp³-hybridized carbons (Fsp3) is 0.667. The minimum Gasteiger partial charge on any atom is -0.316 e. The predicted octanol–water partition coefficient (Wildman–Crippen LogP) is 1.64. The first-order valence-corrected chi connectivity index (χ1v) is 6.56. The Morgan fingerprint density at radius 3 is 3.23 bits per heavy atom. The summed E-state index contributed by atoms with van der Waals surface area (Å²) in [5.41, 5.74) is 1.92. The van der Waals surface area contributed by atoms with Gasteiger partial charge < -0.3 is 5.32 Å². The Labute approximate surface area is 87.1 Å². The highest BCUT2D eigenvalue weighted by Gasteiger charge is 2.26. The average molecular weight is 214 g/mol. The monoisotopic (exact) mass is 214 g/mol. The lowest BCUT2D eigenvalue weighted by molar-refractivity contribution is 0.456. The van der Waals surface area contributed by atoms with Gasteiger partial charge in [-0.1, -0.05) is 0 Å². The fourth-order valence-corrected chi connectivity index (χ4v) is 3.89. The standard InChI is InChI=1S/C9H14N2S2/c1-10-9-5-12-4-7(9)2-8-3-11-6-13-8/h3,6-7,9-10H,2,4-5H2,1H3. The molecule has 0 saturated carbocycles. The van der Waals surface area contributed by atoms with Gasteiger partial charge in [0.25, 0.3) is 0 Å². The Morgan fingerprint density at radius 2 is 2.54 bits per heavy atom. The van der Waals surface area contributed by atoms with E-state index in [1.54, 1.807) is 11.3 Å². The summed E-state index contributed by atoms with van der Waals surface area (Å²) >= 11 is 3.83. The van der Waals surface area contributed by atoms with Crippen molar-refractivity contribution in [3.05, 3.63) is 16.6 Å². The van der Waals surface area contributed by atoms with E-state index in [0.717, 1.165) is 5.92 Å². The third-order valence-corrected chi connectivity index (χ3v) is 4.58. The molecule has 0 aromatic carbocycles. The van der Waals surface area contributed by atoms with E-state index in [1.807, 2.05) is 11.7 Å². The van der Waals surface area contributed by atoms with E-state index in [1.165, 1.54) is 22.8 Å². The van der Waals surface area contributed by atoms with E-state index in [4.69, 9.17) is 0 Å². The van der Waals surface area contributed by atoms with Crippen molar-refractivity contribution in [2.45, 2.75) is 12.5 Å². The number of thiazole rings is 1. The van der Waals surface area contributed by atoms with Crippen molar-refractivity contribution >= 4 is 23.1 Å². The van der Waals surface area contributed by atoms with Gasteiger partial charge in [0.15, 0.2) is 0 Å². The first-order chi connectivity index (χ1) is 6.40. The molecule has 1 aromatic heterocycles. The summed E-state index contributed by atoms with van der Waals surface area (Å²) in [6, 6.07) is 0.701. The number of nitrogens with zero attached hydrogens (tertiary/aromatic N) is 1. The van der Waals surface area contributed by atoms with Crippen molar-refractivity contribution in [3.63, 3.8) is 0 Å². The minimum atomic E-state index is 0.701. The van der Waals surface area contributed by atoms with E-state index < -0.39 is 0 Å². The van der Waals surface area contributed by atoms with Crippen LogP contribution in [0.5, 0.6) is 0 Å². The van der Waals surface area contributed by atoms with Crippen LogP contribution in [0.4, 0.5) is 0 Å². The van der Waals surface area contributed by atoms with E-state index in [2.05, 4.69) is 29.1 Å². The molecule has 1 fully saturated rings. The van der Waals surface area contributed by atoms with E-state index in [9.17, 15) is 0 Å². The molecule has 1 N–H and O–H groups in total. The molecule has 1 aliphatic heterocycles. The van der Waals surface area contributed by atoms with Crippen LogP contribution < -0.4 is 5.32 Å². The maximum absolute atomic E-state index is 4.11. The van der Waals surface area contributed by atoms with Crippen molar-refractivity contribution in [2.75, 3.05) is 18.6 Å². The summed E-state index contributed by atoms with van der Waals surface area (Å²) in [6.07, 6.45) is 3.20. The summed E-state index contributed by atoms with van der Waals surface area (Å²) in [5, 5.41) is 3.39. The molecule has 0 amide bonds. The molecule has 13 heavy (non-hydrogen) atoms.